The second-order valence-corrected chi connectivity index (χ2v) is 6.75. The number of carbonyl (C=O) groups is 1. The summed E-state index contributed by atoms with van der Waals surface area (Å²) in [5, 5.41) is 2.37. The molecule has 0 saturated carbocycles. The quantitative estimate of drug-likeness (QED) is 0.611. The van der Waals surface area contributed by atoms with Gasteiger partial charge in [0.05, 0.1) is 20.1 Å². The maximum atomic E-state index is 12.3. The Morgan fingerprint density at radius 3 is 2.56 bits per heavy atom. The Kier molecular flexibility index (Phi) is 7.67. The normalized spacial score (nSPS) is 11.3. The zero-order valence-corrected chi connectivity index (χ0v) is 16.2. The van der Waals surface area contributed by atoms with Gasteiger partial charge in [-0.1, -0.05) is 40.2 Å². The highest BCUT2D eigenvalue weighted by molar-refractivity contribution is 9.10. The molecule has 0 amide bonds. The lowest BCUT2D eigenvalue weighted by Gasteiger charge is -2.13. The van der Waals surface area contributed by atoms with Crippen LogP contribution in [0.3, 0.4) is 0 Å². The fourth-order valence-corrected chi connectivity index (χ4v) is 3.02. The van der Waals surface area contributed by atoms with Crippen LogP contribution < -0.4 is 10.1 Å². The molecule has 0 radical (unpaired) electrons. The lowest BCUT2D eigenvalue weighted by atomic mass is 10.1. The van der Waals surface area contributed by atoms with Crippen LogP contribution in [0, 0.1) is 0 Å². The molecule has 4 nitrogen and oxygen atoms in total. The van der Waals surface area contributed by atoms with Crippen LogP contribution in [-0.4, -0.2) is 25.8 Å². The van der Waals surface area contributed by atoms with Crippen LogP contribution in [0.5, 0.6) is 5.75 Å². The number of ether oxygens (including phenoxy) is 2. The van der Waals surface area contributed by atoms with E-state index >= 15 is 0 Å². The van der Waals surface area contributed by atoms with Gasteiger partial charge in [-0.25, -0.2) is 0 Å². The number of benzene rings is 2. The van der Waals surface area contributed by atoms with Crippen molar-refractivity contribution in [1.82, 2.24) is 5.32 Å². The van der Waals surface area contributed by atoms with Crippen molar-refractivity contribution in [3.63, 3.8) is 0 Å². The second-order valence-electron chi connectivity index (χ2n) is 5.84. The van der Waals surface area contributed by atoms with Gasteiger partial charge in [-0.15, -0.1) is 0 Å². The number of esters is 1. The van der Waals surface area contributed by atoms with Crippen LogP contribution in [0.2, 0.25) is 0 Å². The molecule has 2 aromatic rings. The molecule has 2 rings (SSSR count). The van der Waals surface area contributed by atoms with Crippen LogP contribution in [0.4, 0.5) is 13.2 Å². The van der Waals surface area contributed by atoms with Crippen molar-refractivity contribution in [2.45, 2.75) is 25.7 Å². The Balaban J connectivity index is 2.03. The molecule has 0 aliphatic heterocycles. The summed E-state index contributed by atoms with van der Waals surface area (Å²) >= 11 is 3.36. The molecular formula is C19H19BrF3NO3. The van der Waals surface area contributed by atoms with E-state index in [1.165, 1.54) is 7.11 Å². The van der Waals surface area contributed by atoms with Gasteiger partial charge in [0.2, 0.25) is 0 Å². The van der Waals surface area contributed by atoms with Gasteiger partial charge in [0.15, 0.2) is 0 Å². The van der Waals surface area contributed by atoms with E-state index in [9.17, 15) is 18.0 Å². The molecule has 0 unspecified atom stereocenters. The molecule has 0 bridgehead atoms. The predicted molar refractivity (Wildman–Crippen MR) is 98.4 cm³/mol. The fourth-order valence-electron chi connectivity index (χ4n) is 2.43. The van der Waals surface area contributed by atoms with E-state index in [1.54, 1.807) is 36.4 Å². The van der Waals surface area contributed by atoms with Crippen molar-refractivity contribution in [1.29, 1.82) is 0 Å². The van der Waals surface area contributed by atoms with Gasteiger partial charge < -0.3 is 14.8 Å². The first-order valence-corrected chi connectivity index (χ1v) is 8.89. The van der Waals surface area contributed by atoms with Crippen LogP contribution in [0.15, 0.2) is 46.9 Å². The average molecular weight is 446 g/mol. The molecule has 0 heterocycles. The molecule has 0 aliphatic rings. The molecule has 27 heavy (non-hydrogen) atoms. The lowest BCUT2D eigenvalue weighted by molar-refractivity contribution is -0.139. The Bertz CT molecular complexity index is 781. The highest BCUT2D eigenvalue weighted by atomic mass is 79.9. The van der Waals surface area contributed by atoms with Crippen LogP contribution in [0.25, 0.3) is 0 Å². The van der Waals surface area contributed by atoms with Gasteiger partial charge in [-0.3, -0.25) is 4.79 Å². The monoisotopic (exact) mass is 445 g/mol. The van der Waals surface area contributed by atoms with Gasteiger partial charge in [0, 0.05) is 16.6 Å². The number of carbonyl (C=O) groups excluding carboxylic acids is 1. The minimum Gasteiger partial charge on any atom is -0.489 e. The molecular weight excluding hydrogens is 427 g/mol. The standard InChI is InChI=1S/C19H19BrF3NO3/c1-26-18(25)9-15-4-2-3-5-17(15)27-11-14-6-13(7-16(20)8-14)10-24-12-19(21,22)23/h2-8,24H,9-12H2,1H3. The number of methoxy groups -OCH3 is 1. The largest absolute Gasteiger partial charge is 0.489 e. The van der Waals surface area contributed by atoms with E-state index in [0.717, 1.165) is 10.0 Å². The van der Waals surface area contributed by atoms with Gasteiger partial charge in [-0.05, 0) is 29.3 Å². The van der Waals surface area contributed by atoms with Crippen molar-refractivity contribution in [3.8, 4) is 5.75 Å². The summed E-state index contributed by atoms with van der Waals surface area (Å²) in [5.41, 5.74) is 2.20. The molecule has 0 spiro atoms. The predicted octanol–water partition coefficient (Wildman–Crippen LogP) is 4.40. The van der Waals surface area contributed by atoms with Crippen molar-refractivity contribution >= 4 is 21.9 Å². The number of hydrogen-bond donors (Lipinski definition) is 1. The van der Waals surface area contributed by atoms with Gasteiger partial charge in [0.25, 0.3) is 0 Å². The maximum Gasteiger partial charge on any atom is 0.401 e. The molecule has 0 aromatic heterocycles. The highest BCUT2D eigenvalue weighted by Crippen LogP contribution is 2.22. The Morgan fingerprint density at radius 1 is 1.15 bits per heavy atom. The summed E-state index contributed by atoms with van der Waals surface area (Å²) in [6, 6.07) is 12.5. The fraction of sp³-hybridized carbons (Fsp3) is 0.316. The summed E-state index contributed by atoms with van der Waals surface area (Å²) in [6.07, 6.45) is -4.15. The Labute approximate surface area is 163 Å². The van der Waals surface area contributed by atoms with E-state index in [-0.39, 0.29) is 25.5 Å². The van der Waals surface area contributed by atoms with Crippen LogP contribution in [-0.2, 0) is 29.1 Å². The van der Waals surface area contributed by atoms with E-state index < -0.39 is 12.7 Å². The number of rotatable bonds is 8. The third-order valence-corrected chi connectivity index (χ3v) is 4.06. The SMILES string of the molecule is COC(=O)Cc1ccccc1OCc1cc(Br)cc(CNCC(F)(F)F)c1. The van der Waals surface area contributed by atoms with Crippen molar-refractivity contribution in [2.24, 2.45) is 0 Å². The highest BCUT2D eigenvalue weighted by Gasteiger charge is 2.26. The third kappa shape index (κ3) is 7.60. The summed E-state index contributed by atoms with van der Waals surface area (Å²) in [5.74, 6) is 0.186. The van der Waals surface area contributed by atoms with Crippen LogP contribution in [0.1, 0.15) is 16.7 Å². The molecule has 8 heteroatoms. The number of hydrogen-bond acceptors (Lipinski definition) is 4. The number of para-hydroxylation sites is 1. The maximum absolute atomic E-state index is 12.3. The number of alkyl halides is 3. The van der Waals surface area contributed by atoms with Gasteiger partial charge in [0.1, 0.15) is 12.4 Å². The minimum atomic E-state index is -4.25. The topological polar surface area (TPSA) is 47.6 Å². The summed E-state index contributed by atoms with van der Waals surface area (Å²) in [7, 11) is 1.32. The lowest BCUT2D eigenvalue weighted by Crippen LogP contribution is -2.28. The summed E-state index contributed by atoms with van der Waals surface area (Å²) in [6.45, 7) is -0.749. The van der Waals surface area contributed by atoms with E-state index in [2.05, 4.69) is 26.0 Å². The Hall–Kier alpha value is -2.06. The minimum absolute atomic E-state index is 0.0882. The first-order valence-electron chi connectivity index (χ1n) is 8.10. The smallest absolute Gasteiger partial charge is 0.401 e. The summed E-state index contributed by atoms with van der Waals surface area (Å²) in [4.78, 5) is 11.5. The molecule has 146 valence electrons. The van der Waals surface area contributed by atoms with E-state index in [4.69, 9.17) is 4.74 Å². The first-order chi connectivity index (χ1) is 12.8. The van der Waals surface area contributed by atoms with Gasteiger partial charge >= 0.3 is 12.1 Å². The summed E-state index contributed by atoms with van der Waals surface area (Å²) < 4.78 is 48.0. The number of halogens is 4. The van der Waals surface area contributed by atoms with Crippen molar-refractivity contribution < 1.29 is 27.4 Å². The average Bonchev–Trinajstić information content (AvgIpc) is 2.59. The zero-order valence-electron chi connectivity index (χ0n) is 14.6. The molecule has 0 fully saturated rings. The second kappa shape index (κ2) is 9.75. The van der Waals surface area contributed by atoms with E-state index in [1.807, 2.05) is 6.07 Å². The third-order valence-electron chi connectivity index (χ3n) is 3.60. The molecule has 2 aromatic carbocycles. The Morgan fingerprint density at radius 2 is 1.85 bits per heavy atom. The van der Waals surface area contributed by atoms with E-state index in [0.29, 0.717) is 16.9 Å². The molecule has 1 N–H and O–H groups in total. The number of nitrogens with one attached hydrogen (secondary N) is 1. The molecule has 0 atom stereocenters. The van der Waals surface area contributed by atoms with Crippen LogP contribution >= 0.6 is 15.9 Å². The molecule has 0 aliphatic carbocycles. The first kappa shape index (κ1) is 21.2. The van der Waals surface area contributed by atoms with Crippen molar-refractivity contribution in [3.05, 3.63) is 63.6 Å². The zero-order chi connectivity index (χ0) is 19.9. The van der Waals surface area contributed by atoms with Crippen molar-refractivity contribution in [2.75, 3.05) is 13.7 Å². The van der Waals surface area contributed by atoms with Gasteiger partial charge in [-0.2, -0.15) is 13.2 Å². The molecule has 0 saturated heterocycles.